The number of benzene rings is 1. The molecule has 0 aliphatic rings. The van der Waals surface area contributed by atoms with Gasteiger partial charge in [0.2, 0.25) is 0 Å². The Kier molecular flexibility index (Phi) is 3.42. The van der Waals surface area contributed by atoms with Gasteiger partial charge in [0.05, 0.1) is 23.5 Å². The van der Waals surface area contributed by atoms with Crippen molar-refractivity contribution < 1.29 is 4.79 Å². The highest BCUT2D eigenvalue weighted by atomic mass is 16.1. The minimum absolute atomic E-state index is 0.241. The lowest BCUT2D eigenvalue weighted by molar-refractivity contribution is 0.0938. The van der Waals surface area contributed by atoms with E-state index in [0.717, 1.165) is 5.69 Å². The summed E-state index contributed by atoms with van der Waals surface area (Å²) in [6.07, 6.45) is 3.19. The maximum atomic E-state index is 12.1. The Morgan fingerprint density at radius 3 is 2.86 bits per heavy atom. The van der Waals surface area contributed by atoms with Gasteiger partial charge in [-0.15, -0.1) is 10.2 Å². The normalized spacial score (nSPS) is 12.0. The number of nitrogens with one attached hydrogen (secondary N) is 2. The number of H-pyrrole nitrogens is 1. The third-order valence-electron chi connectivity index (χ3n) is 2.96. The number of aromatic nitrogens is 6. The van der Waals surface area contributed by atoms with Gasteiger partial charge >= 0.3 is 0 Å². The van der Waals surface area contributed by atoms with Gasteiger partial charge in [-0.25, -0.2) is 4.68 Å². The summed E-state index contributed by atoms with van der Waals surface area (Å²) in [6, 6.07) is 9.24. The van der Waals surface area contributed by atoms with Gasteiger partial charge in [-0.3, -0.25) is 4.79 Å². The number of nitrogens with zero attached hydrogens (tertiary/aromatic N) is 5. The number of carbonyl (C=O) groups is 1. The van der Waals surface area contributed by atoms with Crippen LogP contribution < -0.4 is 5.32 Å². The molecular weight excluding hydrogens is 270 g/mol. The van der Waals surface area contributed by atoms with Crippen LogP contribution in [0.25, 0.3) is 5.69 Å². The van der Waals surface area contributed by atoms with Crippen LogP contribution in [0.2, 0.25) is 0 Å². The van der Waals surface area contributed by atoms with Gasteiger partial charge < -0.3 is 5.32 Å². The Hall–Kier alpha value is -3.03. The van der Waals surface area contributed by atoms with Crippen LogP contribution in [0.1, 0.15) is 29.1 Å². The standard InChI is InChI=1S/C13H13N7O/c1-9(12-16-18-19-17-12)15-13(21)10-7-14-20(8-10)11-5-3-2-4-6-11/h2-9H,1H3,(H,15,21)(H,16,17,18,19). The van der Waals surface area contributed by atoms with Crippen LogP contribution in [0.5, 0.6) is 0 Å². The Bertz CT molecular complexity index is 720. The molecule has 3 aromatic rings. The molecule has 2 heterocycles. The van der Waals surface area contributed by atoms with E-state index < -0.39 is 0 Å². The topological polar surface area (TPSA) is 101 Å². The molecule has 1 aromatic carbocycles. The molecule has 2 aromatic heterocycles. The molecule has 21 heavy (non-hydrogen) atoms. The Balaban J connectivity index is 1.73. The van der Waals surface area contributed by atoms with Crippen molar-refractivity contribution in [3.63, 3.8) is 0 Å². The predicted molar refractivity (Wildman–Crippen MR) is 73.6 cm³/mol. The second-order valence-corrected chi connectivity index (χ2v) is 4.47. The maximum Gasteiger partial charge on any atom is 0.255 e. The second kappa shape index (κ2) is 5.53. The average Bonchev–Trinajstić information content (AvgIpc) is 3.20. The number of hydrogen-bond donors (Lipinski definition) is 2. The maximum absolute atomic E-state index is 12.1. The number of tetrazole rings is 1. The van der Waals surface area contributed by atoms with E-state index in [4.69, 9.17) is 0 Å². The first-order valence-corrected chi connectivity index (χ1v) is 6.38. The van der Waals surface area contributed by atoms with E-state index in [1.165, 1.54) is 6.20 Å². The number of hydrogen-bond acceptors (Lipinski definition) is 5. The number of aromatic amines is 1. The summed E-state index contributed by atoms with van der Waals surface area (Å²) in [6.45, 7) is 1.78. The van der Waals surface area contributed by atoms with E-state index in [-0.39, 0.29) is 11.9 Å². The van der Waals surface area contributed by atoms with Crippen molar-refractivity contribution >= 4 is 5.91 Å². The predicted octanol–water partition coefficient (Wildman–Crippen LogP) is 0.876. The molecule has 8 nitrogen and oxygen atoms in total. The van der Waals surface area contributed by atoms with Gasteiger partial charge in [0.1, 0.15) is 0 Å². The summed E-state index contributed by atoms with van der Waals surface area (Å²) < 4.78 is 1.65. The molecule has 0 bridgehead atoms. The molecule has 2 N–H and O–H groups in total. The first-order chi connectivity index (χ1) is 10.2. The summed E-state index contributed by atoms with van der Waals surface area (Å²) in [5, 5.41) is 20.4. The Morgan fingerprint density at radius 2 is 2.14 bits per heavy atom. The van der Waals surface area contributed by atoms with Crippen molar-refractivity contribution in [2.75, 3.05) is 0 Å². The molecule has 3 rings (SSSR count). The highest BCUT2D eigenvalue weighted by Crippen LogP contribution is 2.09. The van der Waals surface area contributed by atoms with Gasteiger partial charge in [-0.05, 0) is 19.1 Å². The fourth-order valence-corrected chi connectivity index (χ4v) is 1.86. The van der Waals surface area contributed by atoms with E-state index in [2.05, 4.69) is 31.0 Å². The molecule has 0 fully saturated rings. The fourth-order valence-electron chi connectivity index (χ4n) is 1.86. The van der Waals surface area contributed by atoms with Gasteiger partial charge in [-0.2, -0.15) is 10.3 Å². The van der Waals surface area contributed by atoms with Gasteiger partial charge in [0, 0.05) is 6.20 Å². The molecule has 1 amide bonds. The van der Waals surface area contributed by atoms with Crippen molar-refractivity contribution in [3.05, 3.63) is 54.1 Å². The lowest BCUT2D eigenvalue weighted by atomic mass is 10.2. The highest BCUT2D eigenvalue weighted by molar-refractivity contribution is 5.93. The quantitative estimate of drug-likeness (QED) is 0.740. The monoisotopic (exact) mass is 283 g/mol. The van der Waals surface area contributed by atoms with E-state index >= 15 is 0 Å². The van der Waals surface area contributed by atoms with E-state index in [1.807, 2.05) is 30.3 Å². The lowest BCUT2D eigenvalue weighted by Crippen LogP contribution is -2.27. The summed E-state index contributed by atoms with van der Waals surface area (Å²) in [7, 11) is 0. The van der Waals surface area contributed by atoms with Crippen LogP contribution in [0.4, 0.5) is 0 Å². The number of rotatable bonds is 4. The molecule has 1 atom stereocenters. The van der Waals surface area contributed by atoms with Crippen LogP contribution in [-0.2, 0) is 0 Å². The number of carbonyl (C=O) groups excluding carboxylic acids is 1. The van der Waals surface area contributed by atoms with E-state index in [9.17, 15) is 4.79 Å². The molecule has 0 saturated carbocycles. The fraction of sp³-hybridized carbons (Fsp3) is 0.154. The van der Waals surface area contributed by atoms with Crippen molar-refractivity contribution in [2.45, 2.75) is 13.0 Å². The van der Waals surface area contributed by atoms with Crippen LogP contribution in [0.15, 0.2) is 42.7 Å². The SMILES string of the molecule is CC(NC(=O)c1cnn(-c2ccccc2)c1)c1nn[nH]n1. The van der Waals surface area contributed by atoms with Crippen molar-refractivity contribution in [3.8, 4) is 5.69 Å². The zero-order valence-electron chi connectivity index (χ0n) is 11.3. The van der Waals surface area contributed by atoms with Crippen LogP contribution >= 0.6 is 0 Å². The minimum Gasteiger partial charge on any atom is -0.342 e. The Labute approximate surface area is 120 Å². The van der Waals surface area contributed by atoms with Crippen molar-refractivity contribution in [1.82, 2.24) is 35.7 Å². The van der Waals surface area contributed by atoms with Crippen LogP contribution in [-0.4, -0.2) is 36.3 Å². The first-order valence-electron chi connectivity index (χ1n) is 6.38. The third-order valence-corrected chi connectivity index (χ3v) is 2.96. The molecule has 0 aliphatic carbocycles. The molecule has 8 heteroatoms. The minimum atomic E-state index is -0.337. The van der Waals surface area contributed by atoms with Crippen LogP contribution in [0.3, 0.4) is 0 Å². The summed E-state index contributed by atoms with van der Waals surface area (Å²) in [5.74, 6) is 0.188. The molecule has 0 aliphatic heterocycles. The molecule has 0 radical (unpaired) electrons. The van der Waals surface area contributed by atoms with Crippen molar-refractivity contribution in [2.24, 2.45) is 0 Å². The van der Waals surface area contributed by atoms with Gasteiger partial charge in [0.15, 0.2) is 5.82 Å². The second-order valence-electron chi connectivity index (χ2n) is 4.47. The van der Waals surface area contributed by atoms with Gasteiger partial charge in [-0.1, -0.05) is 23.4 Å². The molecule has 106 valence electrons. The molecule has 0 spiro atoms. The number of amides is 1. The molecule has 1 unspecified atom stereocenters. The van der Waals surface area contributed by atoms with Gasteiger partial charge in [0.25, 0.3) is 5.91 Å². The first kappa shape index (κ1) is 13.0. The highest BCUT2D eigenvalue weighted by Gasteiger charge is 2.16. The number of para-hydroxylation sites is 1. The van der Waals surface area contributed by atoms with E-state index in [0.29, 0.717) is 11.4 Å². The van der Waals surface area contributed by atoms with Crippen LogP contribution in [0, 0.1) is 0 Å². The Morgan fingerprint density at radius 1 is 1.33 bits per heavy atom. The molecule has 0 saturated heterocycles. The smallest absolute Gasteiger partial charge is 0.255 e. The summed E-state index contributed by atoms with van der Waals surface area (Å²) in [4.78, 5) is 12.1. The zero-order chi connectivity index (χ0) is 14.7. The molecular formula is C13H13N7O. The zero-order valence-corrected chi connectivity index (χ0v) is 11.3. The average molecular weight is 283 g/mol. The lowest BCUT2D eigenvalue weighted by Gasteiger charge is -2.08. The summed E-state index contributed by atoms with van der Waals surface area (Å²) in [5.41, 5.74) is 1.36. The van der Waals surface area contributed by atoms with E-state index in [1.54, 1.807) is 17.8 Å². The van der Waals surface area contributed by atoms with Crippen molar-refractivity contribution in [1.29, 1.82) is 0 Å². The summed E-state index contributed by atoms with van der Waals surface area (Å²) >= 11 is 0. The largest absolute Gasteiger partial charge is 0.342 e. The third kappa shape index (κ3) is 2.78.